The van der Waals surface area contributed by atoms with E-state index in [1.165, 1.54) is 25.3 Å². The van der Waals surface area contributed by atoms with Crippen LogP contribution >= 0.6 is 15.9 Å². The molecule has 0 bridgehead atoms. The molecule has 1 aliphatic carbocycles. The van der Waals surface area contributed by atoms with Crippen LogP contribution in [0.25, 0.3) is 0 Å². The zero-order valence-corrected chi connectivity index (χ0v) is 11.5. The minimum Gasteiger partial charge on any atom is -0.488 e. The highest BCUT2D eigenvalue weighted by Crippen LogP contribution is 2.33. The third-order valence-corrected chi connectivity index (χ3v) is 3.97. The minimum atomic E-state index is -0.355. The van der Waals surface area contributed by atoms with Crippen molar-refractivity contribution in [2.24, 2.45) is 5.92 Å². The molecule has 2 N–H and O–H groups in total. The largest absolute Gasteiger partial charge is 0.488 e. The predicted octanol–water partition coefficient (Wildman–Crippen LogP) is 4.13. The van der Waals surface area contributed by atoms with Gasteiger partial charge in [0, 0.05) is 6.07 Å². The average Bonchev–Trinajstić information content (AvgIpc) is 2.29. The topological polar surface area (TPSA) is 35.2 Å². The van der Waals surface area contributed by atoms with Gasteiger partial charge in [0.1, 0.15) is 17.7 Å². The van der Waals surface area contributed by atoms with E-state index in [2.05, 4.69) is 22.9 Å². The van der Waals surface area contributed by atoms with Crippen LogP contribution in [0.3, 0.4) is 0 Å². The highest BCUT2D eigenvalue weighted by atomic mass is 79.9. The number of hydrogen-bond donors (Lipinski definition) is 1. The van der Waals surface area contributed by atoms with Crippen molar-refractivity contribution >= 4 is 21.6 Å². The highest BCUT2D eigenvalue weighted by molar-refractivity contribution is 9.10. The predicted molar refractivity (Wildman–Crippen MR) is 70.6 cm³/mol. The van der Waals surface area contributed by atoms with Gasteiger partial charge in [0.2, 0.25) is 0 Å². The van der Waals surface area contributed by atoms with Crippen LogP contribution in [0.2, 0.25) is 0 Å². The van der Waals surface area contributed by atoms with Gasteiger partial charge in [0.25, 0.3) is 0 Å². The van der Waals surface area contributed by atoms with Gasteiger partial charge >= 0.3 is 0 Å². The molecular formula is C13H17BrFNO. The van der Waals surface area contributed by atoms with Gasteiger partial charge in [-0.15, -0.1) is 0 Å². The van der Waals surface area contributed by atoms with Crippen molar-refractivity contribution in [2.45, 2.75) is 38.7 Å². The Labute approximate surface area is 109 Å². The lowest BCUT2D eigenvalue weighted by Gasteiger charge is -2.29. The van der Waals surface area contributed by atoms with Crippen LogP contribution in [0.1, 0.15) is 32.6 Å². The van der Waals surface area contributed by atoms with E-state index < -0.39 is 0 Å². The standard InChI is InChI=1S/C13H17BrFNO/c1-8-4-2-3-5-12(8)17-13-6-9(14)10(15)7-11(13)16/h6-8,12H,2-5,16H2,1H3. The molecule has 1 aromatic rings. The van der Waals surface area contributed by atoms with Gasteiger partial charge in [-0.05, 0) is 47.2 Å². The number of rotatable bonds is 2. The van der Waals surface area contributed by atoms with Crippen LogP contribution in [0.15, 0.2) is 16.6 Å². The van der Waals surface area contributed by atoms with Gasteiger partial charge in [-0.2, -0.15) is 0 Å². The summed E-state index contributed by atoms with van der Waals surface area (Å²) < 4.78 is 19.5. The Morgan fingerprint density at radius 2 is 2.06 bits per heavy atom. The van der Waals surface area contributed by atoms with E-state index in [9.17, 15) is 4.39 Å². The summed E-state index contributed by atoms with van der Waals surface area (Å²) in [6, 6.07) is 2.92. The van der Waals surface area contributed by atoms with Gasteiger partial charge in [0.05, 0.1) is 10.2 Å². The highest BCUT2D eigenvalue weighted by Gasteiger charge is 2.23. The first-order chi connectivity index (χ1) is 8.08. The first-order valence-electron chi connectivity index (χ1n) is 5.99. The molecule has 0 aliphatic heterocycles. The van der Waals surface area contributed by atoms with E-state index in [0.717, 1.165) is 6.42 Å². The molecule has 0 spiro atoms. The first kappa shape index (κ1) is 12.7. The van der Waals surface area contributed by atoms with Crippen LogP contribution in [0.4, 0.5) is 10.1 Å². The molecule has 1 aliphatic rings. The van der Waals surface area contributed by atoms with Crippen LogP contribution in [0.5, 0.6) is 5.75 Å². The molecule has 1 saturated carbocycles. The van der Waals surface area contributed by atoms with Gasteiger partial charge in [0.15, 0.2) is 0 Å². The molecular weight excluding hydrogens is 285 g/mol. The summed E-state index contributed by atoms with van der Waals surface area (Å²) in [7, 11) is 0. The van der Waals surface area contributed by atoms with Crippen molar-refractivity contribution in [1.82, 2.24) is 0 Å². The van der Waals surface area contributed by atoms with Crippen LogP contribution < -0.4 is 10.5 Å². The van der Waals surface area contributed by atoms with Crippen molar-refractivity contribution in [2.75, 3.05) is 5.73 Å². The number of benzene rings is 1. The second-order valence-corrected chi connectivity index (χ2v) is 5.58. The van der Waals surface area contributed by atoms with Gasteiger partial charge in [-0.25, -0.2) is 4.39 Å². The Bertz CT molecular complexity index is 411. The second-order valence-electron chi connectivity index (χ2n) is 4.72. The number of nitrogens with two attached hydrogens (primary N) is 1. The van der Waals surface area contributed by atoms with Crippen molar-refractivity contribution in [3.05, 3.63) is 22.4 Å². The Hall–Kier alpha value is -0.770. The number of ether oxygens (including phenoxy) is 1. The number of halogens is 2. The zero-order chi connectivity index (χ0) is 12.4. The number of anilines is 1. The molecule has 1 aromatic carbocycles. The molecule has 0 amide bonds. The van der Waals surface area contributed by atoms with E-state index in [1.807, 2.05) is 0 Å². The molecule has 4 heteroatoms. The number of nitrogen functional groups attached to an aromatic ring is 1. The smallest absolute Gasteiger partial charge is 0.143 e. The summed E-state index contributed by atoms with van der Waals surface area (Å²) in [4.78, 5) is 0. The molecule has 0 saturated heterocycles. The number of hydrogen-bond acceptors (Lipinski definition) is 2. The summed E-state index contributed by atoms with van der Waals surface area (Å²) in [6.45, 7) is 2.19. The molecule has 1 fully saturated rings. The lowest BCUT2D eigenvalue weighted by molar-refractivity contribution is 0.103. The quantitative estimate of drug-likeness (QED) is 0.834. The molecule has 94 valence electrons. The van der Waals surface area contributed by atoms with Crippen LogP contribution in [0, 0.1) is 11.7 Å². The lowest BCUT2D eigenvalue weighted by Crippen LogP contribution is -2.28. The minimum absolute atomic E-state index is 0.198. The summed E-state index contributed by atoms with van der Waals surface area (Å²) in [5.74, 6) is 0.760. The molecule has 17 heavy (non-hydrogen) atoms. The second kappa shape index (κ2) is 5.25. The third-order valence-electron chi connectivity index (χ3n) is 3.36. The van der Waals surface area contributed by atoms with E-state index in [1.54, 1.807) is 6.07 Å². The maximum absolute atomic E-state index is 13.2. The molecule has 2 rings (SSSR count). The zero-order valence-electron chi connectivity index (χ0n) is 9.88. The summed E-state index contributed by atoms with van der Waals surface area (Å²) in [5.41, 5.74) is 6.13. The molecule has 0 radical (unpaired) electrons. The van der Waals surface area contributed by atoms with Crippen molar-refractivity contribution in [3.8, 4) is 5.75 Å². The van der Waals surface area contributed by atoms with Gasteiger partial charge in [-0.3, -0.25) is 0 Å². The van der Waals surface area contributed by atoms with Crippen molar-refractivity contribution < 1.29 is 9.13 Å². The van der Waals surface area contributed by atoms with E-state index in [4.69, 9.17) is 10.5 Å². The Morgan fingerprint density at radius 1 is 1.35 bits per heavy atom. The normalized spacial score (nSPS) is 24.6. The molecule has 2 atom stereocenters. The molecule has 0 aromatic heterocycles. The maximum Gasteiger partial charge on any atom is 0.143 e. The van der Waals surface area contributed by atoms with Gasteiger partial charge in [-0.1, -0.05) is 13.3 Å². The van der Waals surface area contributed by atoms with Crippen molar-refractivity contribution in [1.29, 1.82) is 0 Å². The monoisotopic (exact) mass is 301 g/mol. The molecule has 0 heterocycles. The summed E-state index contributed by atoms with van der Waals surface area (Å²) in [5, 5.41) is 0. The fourth-order valence-electron chi connectivity index (χ4n) is 2.27. The third kappa shape index (κ3) is 2.92. The van der Waals surface area contributed by atoms with E-state index in [0.29, 0.717) is 21.8 Å². The fourth-order valence-corrected chi connectivity index (χ4v) is 2.59. The average molecular weight is 302 g/mol. The van der Waals surface area contributed by atoms with Crippen LogP contribution in [-0.2, 0) is 0 Å². The summed E-state index contributed by atoms with van der Waals surface area (Å²) in [6.07, 6.45) is 4.90. The van der Waals surface area contributed by atoms with E-state index in [-0.39, 0.29) is 11.9 Å². The fraction of sp³-hybridized carbons (Fsp3) is 0.538. The Balaban J connectivity index is 2.15. The van der Waals surface area contributed by atoms with E-state index >= 15 is 0 Å². The van der Waals surface area contributed by atoms with Crippen LogP contribution in [-0.4, -0.2) is 6.10 Å². The lowest BCUT2D eigenvalue weighted by atomic mass is 9.88. The Kier molecular flexibility index (Phi) is 3.92. The maximum atomic E-state index is 13.2. The SMILES string of the molecule is CC1CCCCC1Oc1cc(Br)c(F)cc1N. The Morgan fingerprint density at radius 3 is 2.76 bits per heavy atom. The molecule has 2 nitrogen and oxygen atoms in total. The summed E-state index contributed by atoms with van der Waals surface area (Å²) >= 11 is 3.15. The molecule has 2 unspecified atom stereocenters. The first-order valence-corrected chi connectivity index (χ1v) is 6.78. The van der Waals surface area contributed by atoms with Gasteiger partial charge < -0.3 is 10.5 Å². The van der Waals surface area contributed by atoms with Crippen molar-refractivity contribution in [3.63, 3.8) is 0 Å².